The van der Waals surface area contributed by atoms with Crippen molar-refractivity contribution >= 4 is 5.97 Å². The molecular weight excluding hydrogens is 230 g/mol. The van der Waals surface area contributed by atoms with Crippen LogP contribution in [0.3, 0.4) is 0 Å². The van der Waals surface area contributed by atoms with Crippen LogP contribution in [-0.4, -0.2) is 25.8 Å². The molecule has 0 unspecified atom stereocenters. The van der Waals surface area contributed by atoms with Crippen molar-refractivity contribution in [3.05, 3.63) is 36.2 Å². The molecule has 1 aromatic carbocycles. The van der Waals surface area contributed by atoms with Gasteiger partial charge in [-0.15, -0.1) is 0 Å². The fraction of sp³-hybridized carbons (Fsp3) is 0.308. The monoisotopic (exact) mass is 245 g/mol. The number of carboxylic acids is 1. The van der Waals surface area contributed by atoms with Crippen molar-refractivity contribution in [2.24, 2.45) is 7.05 Å². The lowest BCUT2D eigenvalue weighted by Gasteiger charge is -1.96. The van der Waals surface area contributed by atoms with Gasteiger partial charge in [-0.05, 0) is 6.42 Å². The molecule has 5 heteroatoms. The van der Waals surface area contributed by atoms with Crippen molar-refractivity contribution in [1.29, 1.82) is 0 Å². The summed E-state index contributed by atoms with van der Waals surface area (Å²) in [5, 5.41) is 12.9. The Hall–Kier alpha value is -2.17. The quantitative estimate of drug-likeness (QED) is 0.873. The molecular formula is C13H15N3O2. The topological polar surface area (TPSA) is 68.0 Å². The Morgan fingerprint density at radius 1 is 1.33 bits per heavy atom. The molecule has 0 atom stereocenters. The zero-order valence-electron chi connectivity index (χ0n) is 10.2. The lowest BCUT2D eigenvalue weighted by molar-refractivity contribution is -0.137. The third-order valence-corrected chi connectivity index (χ3v) is 2.68. The van der Waals surface area contributed by atoms with Crippen LogP contribution in [0.5, 0.6) is 0 Å². The highest BCUT2D eigenvalue weighted by molar-refractivity contribution is 5.66. The Bertz CT molecular complexity index is 534. The standard InChI is InChI=1S/C13H15N3O2/c1-16-11(8-5-9-12(17)18)14-13(15-16)10-6-3-2-4-7-10/h2-4,6-7H,5,8-9H2,1H3,(H,17,18). The van der Waals surface area contributed by atoms with Gasteiger partial charge in [-0.2, -0.15) is 5.10 Å². The molecule has 0 aliphatic rings. The Balaban J connectivity index is 2.10. The van der Waals surface area contributed by atoms with Gasteiger partial charge in [-0.25, -0.2) is 4.98 Å². The van der Waals surface area contributed by atoms with Crippen LogP contribution in [0.2, 0.25) is 0 Å². The predicted molar refractivity (Wildman–Crippen MR) is 67.0 cm³/mol. The number of aromatic nitrogens is 3. The summed E-state index contributed by atoms with van der Waals surface area (Å²) >= 11 is 0. The first-order valence-corrected chi connectivity index (χ1v) is 5.84. The third-order valence-electron chi connectivity index (χ3n) is 2.68. The number of aliphatic carboxylic acids is 1. The minimum absolute atomic E-state index is 0.160. The van der Waals surface area contributed by atoms with E-state index in [0.29, 0.717) is 18.7 Å². The molecule has 94 valence electrons. The first-order valence-electron chi connectivity index (χ1n) is 5.84. The predicted octanol–water partition coefficient (Wildman–Crippen LogP) is 1.89. The van der Waals surface area contributed by atoms with E-state index < -0.39 is 5.97 Å². The summed E-state index contributed by atoms with van der Waals surface area (Å²) in [6.45, 7) is 0. The molecule has 0 fully saturated rings. The second kappa shape index (κ2) is 5.44. The summed E-state index contributed by atoms with van der Waals surface area (Å²) in [6, 6.07) is 9.73. The Labute approximate surface area is 105 Å². The minimum Gasteiger partial charge on any atom is -0.481 e. The number of benzene rings is 1. The van der Waals surface area contributed by atoms with Crippen LogP contribution in [0.25, 0.3) is 11.4 Å². The van der Waals surface area contributed by atoms with E-state index in [1.165, 1.54) is 0 Å². The molecule has 0 bridgehead atoms. The highest BCUT2D eigenvalue weighted by Crippen LogP contribution is 2.15. The summed E-state index contributed by atoms with van der Waals surface area (Å²) in [7, 11) is 1.83. The molecule has 0 aliphatic heterocycles. The molecule has 0 aliphatic carbocycles. The van der Waals surface area contributed by atoms with Gasteiger partial charge in [0.25, 0.3) is 0 Å². The fourth-order valence-electron chi connectivity index (χ4n) is 1.74. The molecule has 0 saturated carbocycles. The molecule has 1 aromatic heterocycles. The fourth-order valence-corrected chi connectivity index (χ4v) is 1.74. The summed E-state index contributed by atoms with van der Waals surface area (Å²) in [6.07, 6.45) is 1.37. The Morgan fingerprint density at radius 3 is 2.72 bits per heavy atom. The van der Waals surface area contributed by atoms with Crippen molar-refractivity contribution in [2.75, 3.05) is 0 Å². The number of hydrogen-bond acceptors (Lipinski definition) is 3. The summed E-state index contributed by atoms with van der Waals surface area (Å²) in [5.74, 6) is 0.721. The normalized spacial score (nSPS) is 10.5. The van der Waals surface area contributed by atoms with E-state index in [-0.39, 0.29) is 6.42 Å². The van der Waals surface area contributed by atoms with E-state index in [0.717, 1.165) is 11.4 Å². The van der Waals surface area contributed by atoms with Gasteiger partial charge in [0.1, 0.15) is 5.82 Å². The summed E-state index contributed by atoms with van der Waals surface area (Å²) < 4.78 is 1.71. The van der Waals surface area contributed by atoms with Crippen molar-refractivity contribution in [3.63, 3.8) is 0 Å². The van der Waals surface area contributed by atoms with Gasteiger partial charge in [0.05, 0.1) is 0 Å². The number of carbonyl (C=O) groups is 1. The van der Waals surface area contributed by atoms with Gasteiger partial charge in [-0.1, -0.05) is 30.3 Å². The maximum atomic E-state index is 10.5. The number of carboxylic acid groups (broad SMARTS) is 1. The van der Waals surface area contributed by atoms with Crippen molar-refractivity contribution in [1.82, 2.24) is 14.8 Å². The summed E-state index contributed by atoms with van der Waals surface area (Å²) in [4.78, 5) is 14.9. The Kier molecular flexibility index (Phi) is 3.72. The maximum absolute atomic E-state index is 10.5. The molecule has 0 radical (unpaired) electrons. The molecule has 2 rings (SSSR count). The molecule has 2 aromatic rings. The van der Waals surface area contributed by atoms with Crippen LogP contribution in [0.15, 0.2) is 30.3 Å². The molecule has 1 N–H and O–H groups in total. The zero-order valence-corrected chi connectivity index (χ0v) is 10.2. The molecule has 0 spiro atoms. The SMILES string of the molecule is Cn1nc(-c2ccccc2)nc1CCCC(=O)O. The lowest BCUT2D eigenvalue weighted by Crippen LogP contribution is -2.02. The molecule has 0 saturated heterocycles. The van der Waals surface area contributed by atoms with Crippen molar-refractivity contribution in [2.45, 2.75) is 19.3 Å². The van der Waals surface area contributed by atoms with Gasteiger partial charge in [0, 0.05) is 25.5 Å². The van der Waals surface area contributed by atoms with Crippen LogP contribution in [0, 0.1) is 0 Å². The Morgan fingerprint density at radius 2 is 2.06 bits per heavy atom. The van der Waals surface area contributed by atoms with Gasteiger partial charge in [0.2, 0.25) is 0 Å². The van der Waals surface area contributed by atoms with Crippen LogP contribution in [0.1, 0.15) is 18.7 Å². The van der Waals surface area contributed by atoms with E-state index in [4.69, 9.17) is 5.11 Å². The van der Waals surface area contributed by atoms with E-state index in [1.54, 1.807) is 4.68 Å². The number of nitrogens with zero attached hydrogens (tertiary/aromatic N) is 3. The van der Waals surface area contributed by atoms with Gasteiger partial charge >= 0.3 is 5.97 Å². The van der Waals surface area contributed by atoms with Crippen LogP contribution in [0.4, 0.5) is 0 Å². The molecule has 18 heavy (non-hydrogen) atoms. The average molecular weight is 245 g/mol. The van der Waals surface area contributed by atoms with E-state index in [1.807, 2.05) is 37.4 Å². The second-order valence-electron chi connectivity index (χ2n) is 4.09. The largest absolute Gasteiger partial charge is 0.481 e. The first-order chi connectivity index (χ1) is 8.66. The van der Waals surface area contributed by atoms with Crippen molar-refractivity contribution in [3.8, 4) is 11.4 Å². The first kappa shape index (κ1) is 12.3. The van der Waals surface area contributed by atoms with Crippen LogP contribution in [-0.2, 0) is 18.3 Å². The van der Waals surface area contributed by atoms with Crippen molar-refractivity contribution < 1.29 is 9.90 Å². The highest BCUT2D eigenvalue weighted by Gasteiger charge is 2.09. The second-order valence-corrected chi connectivity index (χ2v) is 4.09. The summed E-state index contributed by atoms with van der Waals surface area (Å²) in [5.41, 5.74) is 0.970. The number of rotatable bonds is 5. The maximum Gasteiger partial charge on any atom is 0.303 e. The zero-order chi connectivity index (χ0) is 13.0. The average Bonchev–Trinajstić information content (AvgIpc) is 2.72. The van der Waals surface area contributed by atoms with E-state index >= 15 is 0 Å². The van der Waals surface area contributed by atoms with Gasteiger partial charge < -0.3 is 5.11 Å². The number of hydrogen-bond donors (Lipinski definition) is 1. The lowest BCUT2D eigenvalue weighted by atomic mass is 10.2. The van der Waals surface area contributed by atoms with E-state index in [9.17, 15) is 4.79 Å². The molecule has 1 heterocycles. The number of aryl methyl sites for hydroxylation is 2. The van der Waals surface area contributed by atoms with Gasteiger partial charge in [0.15, 0.2) is 5.82 Å². The van der Waals surface area contributed by atoms with Crippen LogP contribution >= 0.6 is 0 Å². The smallest absolute Gasteiger partial charge is 0.303 e. The molecule has 0 amide bonds. The highest BCUT2D eigenvalue weighted by atomic mass is 16.4. The van der Waals surface area contributed by atoms with E-state index in [2.05, 4.69) is 10.1 Å². The minimum atomic E-state index is -0.777. The molecule has 5 nitrogen and oxygen atoms in total. The third kappa shape index (κ3) is 2.94. The van der Waals surface area contributed by atoms with Crippen LogP contribution < -0.4 is 0 Å². The van der Waals surface area contributed by atoms with Gasteiger partial charge in [-0.3, -0.25) is 9.48 Å².